The molecule has 1 aliphatic carbocycles. The van der Waals surface area contributed by atoms with Crippen LogP contribution in [-0.2, 0) is 9.47 Å². The summed E-state index contributed by atoms with van der Waals surface area (Å²) in [6.07, 6.45) is 4.84. The molecule has 0 saturated carbocycles. The number of hydrogen-bond acceptors (Lipinski definition) is 2. The first kappa shape index (κ1) is 14.7. The van der Waals surface area contributed by atoms with Crippen LogP contribution in [0.25, 0.3) is 0 Å². The first-order valence-electron chi connectivity index (χ1n) is 7.03. The molecule has 2 heteroatoms. The van der Waals surface area contributed by atoms with Crippen LogP contribution in [0.2, 0.25) is 0 Å². The molecule has 0 spiro atoms. The average Bonchev–Trinajstić information content (AvgIpc) is 2.29. The third-order valence-corrected chi connectivity index (χ3v) is 3.67. The zero-order chi connectivity index (χ0) is 12.8. The third-order valence-electron chi connectivity index (χ3n) is 3.67. The van der Waals surface area contributed by atoms with Gasteiger partial charge in [-0.25, -0.2) is 0 Å². The lowest BCUT2D eigenvalue weighted by molar-refractivity contribution is -0.167. The van der Waals surface area contributed by atoms with Gasteiger partial charge in [-0.15, -0.1) is 0 Å². The normalized spacial score (nSPS) is 25.5. The molecule has 0 heterocycles. The van der Waals surface area contributed by atoms with E-state index in [4.69, 9.17) is 9.47 Å². The summed E-state index contributed by atoms with van der Waals surface area (Å²) in [5.74, 6) is 1.72. The van der Waals surface area contributed by atoms with Crippen molar-refractivity contribution in [3.05, 3.63) is 11.6 Å². The van der Waals surface area contributed by atoms with E-state index in [1.807, 2.05) is 13.8 Å². The van der Waals surface area contributed by atoms with Gasteiger partial charge in [-0.05, 0) is 38.5 Å². The van der Waals surface area contributed by atoms with E-state index in [0.29, 0.717) is 17.8 Å². The minimum Gasteiger partial charge on any atom is -0.352 e. The van der Waals surface area contributed by atoms with E-state index in [-0.39, 0.29) is 6.29 Å². The number of rotatable bonds is 6. The Kier molecular flexibility index (Phi) is 6.21. The molecule has 0 bridgehead atoms. The first-order valence-corrected chi connectivity index (χ1v) is 7.03. The van der Waals surface area contributed by atoms with Crippen molar-refractivity contribution in [3.8, 4) is 0 Å². The largest absolute Gasteiger partial charge is 0.352 e. The molecular weight excluding hydrogens is 212 g/mol. The predicted molar refractivity (Wildman–Crippen MR) is 71.8 cm³/mol. The van der Waals surface area contributed by atoms with Crippen molar-refractivity contribution in [1.82, 2.24) is 0 Å². The van der Waals surface area contributed by atoms with Crippen molar-refractivity contribution < 1.29 is 9.47 Å². The summed E-state index contributed by atoms with van der Waals surface area (Å²) in [6, 6.07) is 0. The Morgan fingerprint density at radius 2 is 1.82 bits per heavy atom. The van der Waals surface area contributed by atoms with Gasteiger partial charge >= 0.3 is 0 Å². The summed E-state index contributed by atoms with van der Waals surface area (Å²) in [4.78, 5) is 0. The molecule has 2 atom stereocenters. The maximum atomic E-state index is 5.75. The Morgan fingerprint density at radius 1 is 1.24 bits per heavy atom. The van der Waals surface area contributed by atoms with Crippen molar-refractivity contribution in [2.45, 2.75) is 53.8 Å². The quantitative estimate of drug-likeness (QED) is 0.516. The van der Waals surface area contributed by atoms with E-state index in [2.05, 4.69) is 26.8 Å². The summed E-state index contributed by atoms with van der Waals surface area (Å²) < 4.78 is 11.5. The lowest BCUT2D eigenvalue weighted by atomic mass is 9.78. The second kappa shape index (κ2) is 7.17. The maximum absolute atomic E-state index is 5.75. The Hall–Kier alpha value is -0.340. The van der Waals surface area contributed by atoms with Gasteiger partial charge in [-0.2, -0.15) is 0 Å². The second-order valence-corrected chi connectivity index (χ2v) is 5.27. The SMILES string of the molecule is CCOC(OCC)C1C=C(C(C)C)CCC1C. The molecule has 0 aromatic carbocycles. The fraction of sp³-hybridized carbons (Fsp3) is 0.867. The van der Waals surface area contributed by atoms with Crippen LogP contribution >= 0.6 is 0 Å². The van der Waals surface area contributed by atoms with Crippen LogP contribution < -0.4 is 0 Å². The average molecular weight is 240 g/mol. The molecule has 0 aliphatic heterocycles. The molecule has 1 rings (SSSR count). The van der Waals surface area contributed by atoms with Gasteiger partial charge in [0.2, 0.25) is 0 Å². The molecule has 0 aromatic rings. The van der Waals surface area contributed by atoms with E-state index < -0.39 is 0 Å². The Balaban J connectivity index is 2.78. The zero-order valence-corrected chi connectivity index (χ0v) is 12.0. The molecule has 0 saturated heterocycles. The molecule has 0 amide bonds. The Labute approximate surface area is 106 Å². The molecule has 0 N–H and O–H groups in total. The smallest absolute Gasteiger partial charge is 0.163 e. The summed E-state index contributed by atoms with van der Waals surface area (Å²) in [6.45, 7) is 12.4. The van der Waals surface area contributed by atoms with E-state index in [9.17, 15) is 0 Å². The molecule has 0 aromatic heterocycles. The van der Waals surface area contributed by atoms with Gasteiger partial charge in [0.25, 0.3) is 0 Å². The Morgan fingerprint density at radius 3 is 2.29 bits per heavy atom. The van der Waals surface area contributed by atoms with Crippen molar-refractivity contribution in [2.24, 2.45) is 17.8 Å². The van der Waals surface area contributed by atoms with Crippen molar-refractivity contribution in [2.75, 3.05) is 13.2 Å². The lowest BCUT2D eigenvalue weighted by Crippen LogP contribution is -2.33. The summed E-state index contributed by atoms with van der Waals surface area (Å²) in [7, 11) is 0. The van der Waals surface area contributed by atoms with Crippen molar-refractivity contribution in [1.29, 1.82) is 0 Å². The van der Waals surface area contributed by atoms with Crippen LogP contribution in [0.5, 0.6) is 0 Å². The molecule has 1 aliphatic rings. The number of ether oxygens (including phenoxy) is 2. The van der Waals surface area contributed by atoms with E-state index in [1.165, 1.54) is 12.8 Å². The molecule has 2 nitrogen and oxygen atoms in total. The van der Waals surface area contributed by atoms with Crippen molar-refractivity contribution >= 4 is 0 Å². The van der Waals surface area contributed by atoms with Gasteiger partial charge in [0, 0.05) is 19.1 Å². The standard InChI is InChI=1S/C15H28O2/c1-6-16-15(17-7-2)14-10-13(11(3)4)9-8-12(14)5/h10-12,14-15H,6-9H2,1-5H3. The molecule has 0 radical (unpaired) electrons. The van der Waals surface area contributed by atoms with Gasteiger partial charge in [-0.3, -0.25) is 0 Å². The lowest BCUT2D eigenvalue weighted by Gasteiger charge is -2.34. The number of allylic oxidation sites excluding steroid dienone is 1. The van der Waals surface area contributed by atoms with Crippen LogP contribution in [0.15, 0.2) is 11.6 Å². The first-order chi connectivity index (χ1) is 8.10. The van der Waals surface area contributed by atoms with Gasteiger partial charge < -0.3 is 9.47 Å². The number of hydrogen-bond donors (Lipinski definition) is 0. The van der Waals surface area contributed by atoms with E-state index in [0.717, 1.165) is 13.2 Å². The van der Waals surface area contributed by atoms with Crippen LogP contribution in [0, 0.1) is 17.8 Å². The third kappa shape index (κ3) is 4.11. The van der Waals surface area contributed by atoms with Crippen LogP contribution in [0.3, 0.4) is 0 Å². The van der Waals surface area contributed by atoms with Crippen LogP contribution in [0.1, 0.15) is 47.5 Å². The van der Waals surface area contributed by atoms with Gasteiger partial charge in [-0.1, -0.05) is 32.4 Å². The fourth-order valence-corrected chi connectivity index (χ4v) is 2.51. The van der Waals surface area contributed by atoms with Gasteiger partial charge in [0.1, 0.15) is 0 Å². The maximum Gasteiger partial charge on any atom is 0.163 e. The van der Waals surface area contributed by atoms with Crippen LogP contribution in [0.4, 0.5) is 0 Å². The zero-order valence-electron chi connectivity index (χ0n) is 12.0. The second-order valence-electron chi connectivity index (χ2n) is 5.27. The van der Waals surface area contributed by atoms with E-state index in [1.54, 1.807) is 5.57 Å². The fourth-order valence-electron chi connectivity index (χ4n) is 2.51. The van der Waals surface area contributed by atoms with Crippen molar-refractivity contribution in [3.63, 3.8) is 0 Å². The molecule has 2 unspecified atom stereocenters. The summed E-state index contributed by atoms with van der Waals surface area (Å²) in [5.41, 5.74) is 1.57. The highest BCUT2D eigenvalue weighted by Crippen LogP contribution is 2.35. The summed E-state index contributed by atoms with van der Waals surface area (Å²) >= 11 is 0. The minimum absolute atomic E-state index is 0.0611. The van der Waals surface area contributed by atoms with Crippen LogP contribution in [-0.4, -0.2) is 19.5 Å². The van der Waals surface area contributed by atoms with E-state index >= 15 is 0 Å². The molecule has 17 heavy (non-hydrogen) atoms. The topological polar surface area (TPSA) is 18.5 Å². The minimum atomic E-state index is -0.0611. The van der Waals surface area contributed by atoms with Gasteiger partial charge in [0.15, 0.2) is 6.29 Å². The highest BCUT2D eigenvalue weighted by atomic mass is 16.7. The monoisotopic (exact) mass is 240 g/mol. The molecule has 100 valence electrons. The molecular formula is C15H28O2. The Bertz CT molecular complexity index is 239. The molecule has 0 fully saturated rings. The predicted octanol–water partition coefficient (Wildman–Crippen LogP) is 4.01. The highest BCUT2D eigenvalue weighted by molar-refractivity contribution is 5.12. The summed E-state index contributed by atoms with van der Waals surface area (Å²) in [5, 5.41) is 0. The van der Waals surface area contributed by atoms with Gasteiger partial charge in [0.05, 0.1) is 0 Å². The highest BCUT2D eigenvalue weighted by Gasteiger charge is 2.30.